The van der Waals surface area contributed by atoms with Gasteiger partial charge in [-0.1, -0.05) is 37.3 Å². The minimum atomic E-state index is -0.291. The third-order valence-electron chi connectivity index (χ3n) is 2.41. The molecule has 0 saturated heterocycles. The van der Waals surface area contributed by atoms with E-state index in [1.807, 2.05) is 24.3 Å². The Balaban J connectivity index is 2.14. The second-order valence-electron chi connectivity index (χ2n) is 4.09. The van der Waals surface area contributed by atoms with E-state index in [0.717, 1.165) is 17.0 Å². The van der Waals surface area contributed by atoms with Crippen molar-refractivity contribution >= 4 is 34.5 Å². The topological polar surface area (TPSA) is 54.9 Å². The molecule has 2 aromatic rings. The molecule has 0 bridgehead atoms. The number of halogens is 1. The highest BCUT2D eigenvalue weighted by atomic mass is 35.5. The van der Waals surface area contributed by atoms with Crippen LogP contribution < -0.4 is 5.32 Å². The van der Waals surface area contributed by atoms with Crippen LogP contribution in [-0.4, -0.2) is 16.1 Å². The molecule has 0 unspecified atom stereocenters. The molecule has 0 aliphatic heterocycles. The zero-order chi connectivity index (χ0) is 13.1. The fourth-order valence-corrected chi connectivity index (χ4v) is 2.18. The molecule has 1 aromatic heterocycles. The van der Waals surface area contributed by atoms with E-state index in [4.69, 9.17) is 11.6 Å². The van der Waals surface area contributed by atoms with Gasteiger partial charge in [0.25, 0.3) is 5.91 Å². The number of nitrogens with zero attached hydrogens (tertiary/aromatic N) is 2. The number of hydrogen-bond donors (Lipinski definition) is 1. The van der Waals surface area contributed by atoms with Gasteiger partial charge in [0.1, 0.15) is 0 Å². The van der Waals surface area contributed by atoms with Crippen LogP contribution in [0.4, 0.5) is 5.69 Å². The number of rotatable bonds is 3. The molecule has 94 valence electrons. The molecule has 0 atom stereocenters. The Hall–Kier alpha value is -1.46. The summed E-state index contributed by atoms with van der Waals surface area (Å²) in [5, 5.41) is 10.3. The molecule has 1 amide bonds. The Morgan fingerprint density at radius 2 is 2.17 bits per heavy atom. The van der Waals surface area contributed by atoms with Crippen molar-refractivity contribution < 1.29 is 4.79 Å². The second kappa shape index (κ2) is 5.46. The number of benzene rings is 1. The number of aromatic nitrogens is 2. The highest BCUT2D eigenvalue weighted by molar-refractivity contribution is 7.17. The van der Waals surface area contributed by atoms with Crippen LogP contribution in [-0.2, 0) is 0 Å². The summed E-state index contributed by atoms with van der Waals surface area (Å²) in [6.45, 7) is 4.21. The SMILES string of the molecule is CC(C)c1cccc(NC(=O)c2nnc(Cl)s2)c1. The fourth-order valence-electron chi connectivity index (χ4n) is 1.46. The van der Waals surface area contributed by atoms with Crippen molar-refractivity contribution in [3.63, 3.8) is 0 Å². The lowest BCUT2D eigenvalue weighted by Gasteiger charge is -2.08. The van der Waals surface area contributed by atoms with Gasteiger partial charge >= 0.3 is 0 Å². The number of anilines is 1. The van der Waals surface area contributed by atoms with Crippen LogP contribution >= 0.6 is 22.9 Å². The summed E-state index contributed by atoms with van der Waals surface area (Å²) in [5.74, 6) is 0.123. The standard InChI is InChI=1S/C12H12ClN3OS/c1-7(2)8-4-3-5-9(6-8)14-10(17)11-15-16-12(13)18-11/h3-7H,1-2H3,(H,14,17). The minimum Gasteiger partial charge on any atom is -0.320 e. The van der Waals surface area contributed by atoms with Gasteiger partial charge in [0.15, 0.2) is 0 Å². The van der Waals surface area contributed by atoms with Gasteiger partial charge in [-0.25, -0.2) is 0 Å². The summed E-state index contributed by atoms with van der Waals surface area (Å²) in [5.41, 5.74) is 1.92. The molecule has 0 aliphatic rings. The molecular weight excluding hydrogens is 270 g/mol. The van der Waals surface area contributed by atoms with E-state index in [0.29, 0.717) is 5.92 Å². The maximum Gasteiger partial charge on any atom is 0.286 e. The summed E-state index contributed by atoms with van der Waals surface area (Å²) in [6.07, 6.45) is 0. The third-order valence-corrected chi connectivity index (χ3v) is 3.42. The first-order valence-electron chi connectivity index (χ1n) is 5.46. The molecule has 0 fully saturated rings. The molecule has 2 rings (SSSR count). The van der Waals surface area contributed by atoms with Crippen LogP contribution in [0.15, 0.2) is 24.3 Å². The largest absolute Gasteiger partial charge is 0.320 e. The first-order chi connectivity index (χ1) is 8.56. The van der Waals surface area contributed by atoms with Gasteiger partial charge in [0, 0.05) is 5.69 Å². The fraction of sp³-hybridized carbons (Fsp3) is 0.250. The van der Waals surface area contributed by atoms with Gasteiger partial charge < -0.3 is 5.32 Å². The Morgan fingerprint density at radius 3 is 2.78 bits per heavy atom. The molecule has 0 aliphatic carbocycles. The molecule has 0 radical (unpaired) electrons. The van der Waals surface area contributed by atoms with Gasteiger partial charge in [-0.05, 0) is 35.2 Å². The molecule has 6 heteroatoms. The Labute approximate surface area is 114 Å². The Morgan fingerprint density at radius 1 is 1.39 bits per heavy atom. The third kappa shape index (κ3) is 3.05. The highest BCUT2D eigenvalue weighted by Crippen LogP contribution is 2.20. The number of hydrogen-bond acceptors (Lipinski definition) is 4. The van der Waals surface area contributed by atoms with Crippen molar-refractivity contribution in [1.82, 2.24) is 10.2 Å². The molecule has 1 N–H and O–H groups in total. The highest BCUT2D eigenvalue weighted by Gasteiger charge is 2.12. The number of amides is 1. The Kier molecular flexibility index (Phi) is 3.93. The van der Waals surface area contributed by atoms with E-state index in [9.17, 15) is 4.79 Å². The van der Waals surface area contributed by atoms with Crippen molar-refractivity contribution in [2.45, 2.75) is 19.8 Å². The van der Waals surface area contributed by atoms with Crippen molar-refractivity contribution in [2.75, 3.05) is 5.32 Å². The predicted octanol–water partition coefficient (Wildman–Crippen LogP) is 3.57. The monoisotopic (exact) mass is 281 g/mol. The van der Waals surface area contributed by atoms with Crippen LogP contribution in [0, 0.1) is 0 Å². The first kappa shape index (κ1) is 13.0. The van der Waals surface area contributed by atoms with E-state index >= 15 is 0 Å². The molecular formula is C12H12ClN3OS. The maximum absolute atomic E-state index is 11.8. The molecule has 0 spiro atoms. The average molecular weight is 282 g/mol. The second-order valence-corrected chi connectivity index (χ2v) is 5.65. The van der Waals surface area contributed by atoms with Crippen LogP contribution in [0.1, 0.15) is 35.1 Å². The lowest BCUT2D eigenvalue weighted by molar-refractivity contribution is 0.102. The van der Waals surface area contributed by atoms with Gasteiger partial charge in [-0.2, -0.15) is 0 Å². The molecule has 1 heterocycles. The summed E-state index contributed by atoms with van der Waals surface area (Å²) >= 11 is 6.70. The lowest BCUT2D eigenvalue weighted by Crippen LogP contribution is -2.11. The minimum absolute atomic E-state index is 0.259. The summed E-state index contributed by atoms with van der Waals surface area (Å²) < 4.78 is 0.260. The quantitative estimate of drug-likeness (QED) is 0.936. The number of nitrogens with one attached hydrogen (secondary N) is 1. The molecule has 1 aromatic carbocycles. The Bertz CT molecular complexity index is 568. The van der Waals surface area contributed by atoms with Crippen LogP contribution in [0.3, 0.4) is 0 Å². The maximum atomic E-state index is 11.8. The van der Waals surface area contributed by atoms with Gasteiger partial charge in [0.2, 0.25) is 9.47 Å². The molecule has 0 saturated carbocycles. The number of carbonyl (C=O) groups excluding carboxylic acids is 1. The van der Waals surface area contributed by atoms with Crippen molar-refractivity contribution in [3.8, 4) is 0 Å². The summed E-state index contributed by atoms with van der Waals surface area (Å²) in [7, 11) is 0. The zero-order valence-electron chi connectivity index (χ0n) is 9.98. The van der Waals surface area contributed by atoms with E-state index in [1.165, 1.54) is 5.56 Å². The van der Waals surface area contributed by atoms with Crippen LogP contribution in [0.5, 0.6) is 0 Å². The van der Waals surface area contributed by atoms with Crippen molar-refractivity contribution in [1.29, 1.82) is 0 Å². The smallest absolute Gasteiger partial charge is 0.286 e. The lowest BCUT2D eigenvalue weighted by atomic mass is 10.0. The van der Waals surface area contributed by atoms with Crippen LogP contribution in [0.25, 0.3) is 0 Å². The van der Waals surface area contributed by atoms with E-state index < -0.39 is 0 Å². The van der Waals surface area contributed by atoms with E-state index in [2.05, 4.69) is 29.4 Å². The summed E-state index contributed by atoms with van der Waals surface area (Å²) in [6, 6.07) is 7.73. The van der Waals surface area contributed by atoms with E-state index in [-0.39, 0.29) is 15.4 Å². The van der Waals surface area contributed by atoms with Gasteiger partial charge in [0.05, 0.1) is 0 Å². The average Bonchev–Trinajstić information content (AvgIpc) is 2.76. The zero-order valence-corrected chi connectivity index (χ0v) is 11.5. The predicted molar refractivity (Wildman–Crippen MR) is 73.4 cm³/mol. The van der Waals surface area contributed by atoms with Gasteiger partial charge in [-0.15, -0.1) is 10.2 Å². The molecule has 4 nitrogen and oxygen atoms in total. The van der Waals surface area contributed by atoms with Crippen molar-refractivity contribution in [3.05, 3.63) is 39.3 Å². The molecule has 18 heavy (non-hydrogen) atoms. The number of carbonyl (C=O) groups is 1. The van der Waals surface area contributed by atoms with Gasteiger partial charge in [-0.3, -0.25) is 4.79 Å². The van der Waals surface area contributed by atoms with Crippen molar-refractivity contribution in [2.24, 2.45) is 0 Å². The first-order valence-corrected chi connectivity index (χ1v) is 6.66. The summed E-state index contributed by atoms with van der Waals surface area (Å²) in [4.78, 5) is 11.8. The van der Waals surface area contributed by atoms with E-state index in [1.54, 1.807) is 0 Å². The normalized spacial score (nSPS) is 10.7. The van der Waals surface area contributed by atoms with Crippen LogP contribution in [0.2, 0.25) is 4.47 Å².